The molecule has 1 amide bonds. The Hall–Kier alpha value is -4.19. The Labute approximate surface area is 193 Å². The van der Waals surface area contributed by atoms with Crippen LogP contribution in [0.25, 0.3) is 11.4 Å². The van der Waals surface area contributed by atoms with Crippen LogP contribution < -0.4 is 14.8 Å². The van der Waals surface area contributed by atoms with Crippen molar-refractivity contribution < 1.29 is 14.3 Å². The number of hydrogen-bond acceptors (Lipinski definition) is 5. The number of aromatic nitrogens is 2. The van der Waals surface area contributed by atoms with Gasteiger partial charge in [-0.1, -0.05) is 42.0 Å². The molecule has 0 radical (unpaired) electrons. The molecule has 0 aliphatic heterocycles. The Bertz CT molecular complexity index is 1240. The van der Waals surface area contributed by atoms with Crippen molar-refractivity contribution in [3.8, 4) is 28.8 Å². The van der Waals surface area contributed by atoms with Crippen molar-refractivity contribution in [2.75, 3.05) is 7.11 Å². The second-order valence-electron chi connectivity index (χ2n) is 7.68. The summed E-state index contributed by atoms with van der Waals surface area (Å²) in [5, 5.41) is 3.05. The van der Waals surface area contributed by atoms with Crippen molar-refractivity contribution in [3.63, 3.8) is 0 Å². The highest BCUT2D eigenvalue weighted by atomic mass is 16.5. The van der Waals surface area contributed by atoms with Crippen LogP contribution in [0.1, 0.15) is 34.5 Å². The van der Waals surface area contributed by atoms with Crippen LogP contribution in [0.2, 0.25) is 0 Å². The van der Waals surface area contributed by atoms with E-state index >= 15 is 0 Å². The van der Waals surface area contributed by atoms with Gasteiger partial charge in [0.2, 0.25) is 5.88 Å². The lowest BCUT2D eigenvalue weighted by molar-refractivity contribution is 0.0940. The highest BCUT2D eigenvalue weighted by molar-refractivity contribution is 5.95. The number of amides is 1. The molecular weight excluding hydrogens is 414 g/mol. The standard InChI is InChI=1S/C27H25N3O3/c1-18-7-9-20(10-8-18)19(2)29-27(31)22-6-4-5-21(17-22)26-28-16-15-25(30-26)33-24-13-11-23(32-3)12-14-24/h4-17,19H,1-3H3,(H,29,31)/t19-/m0/s1. The molecule has 1 heterocycles. The zero-order chi connectivity index (χ0) is 23.2. The average Bonchev–Trinajstić information content (AvgIpc) is 2.85. The van der Waals surface area contributed by atoms with Gasteiger partial charge in [0.25, 0.3) is 5.91 Å². The van der Waals surface area contributed by atoms with E-state index in [4.69, 9.17) is 9.47 Å². The maximum Gasteiger partial charge on any atom is 0.251 e. The fourth-order valence-electron chi connectivity index (χ4n) is 3.32. The van der Waals surface area contributed by atoms with Gasteiger partial charge in [0.1, 0.15) is 11.5 Å². The van der Waals surface area contributed by atoms with Crippen LogP contribution in [0, 0.1) is 6.92 Å². The first-order valence-electron chi connectivity index (χ1n) is 10.6. The smallest absolute Gasteiger partial charge is 0.251 e. The van der Waals surface area contributed by atoms with Crippen LogP contribution in [0.5, 0.6) is 17.4 Å². The van der Waals surface area contributed by atoms with Crippen LogP contribution in [0.3, 0.4) is 0 Å². The van der Waals surface area contributed by atoms with E-state index in [1.54, 1.807) is 43.6 Å². The molecule has 0 spiro atoms. The number of carbonyl (C=O) groups excluding carboxylic acids is 1. The number of carbonyl (C=O) groups is 1. The minimum atomic E-state index is -0.157. The molecule has 3 aromatic carbocycles. The number of nitrogens with zero attached hydrogens (tertiary/aromatic N) is 2. The quantitative estimate of drug-likeness (QED) is 0.397. The van der Waals surface area contributed by atoms with Crippen molar-refractivity contribution in [1.29, 1.82) is 0 Å². The van der Waals surface area contributed by atoms with E-state index in [0.29, 0.717) is 23.0 Å². The summed E-state index contributed by atoms with van der Waals surface area (Å²) in [7, 11) is 1.62. The molecule has 4 rings (SSSR count). The van der Waals surface area contributed by atoms with E-state index in [1.807, 2.05) is 62.4 Å². The second kappa shape index (κ2) is 9.96. The van der Waals surface area contributed by atoms with Crippen molar-refractivity contribution in [2.24, 2.45) is 0 Å². The third-order valence-corrected chi connectivity index (χ3v) is 5.22. The van der Waals surface area contributed by atoms with Crippen LogP contribution in [-0.2, 0) is 0 Å². The number of rotatable bonds is 7. The summed E-state index contributed by atoms with van der Waals surface area (Å²) in [6, 6.07) is 24.2. The molecule has 33 heavy (non-hydrogen) atoms. The number of ether oxygens (including phenoxy) is 2. The number of methoxy groups -OCH3 is 1. The molecule has 1 aromatic heterocycles. The van der Waals surface area contributed by atoms with Crippen LogP contribution in [0.4, 0.5) is 0 Å². The molecule has 166 valence electrons. The fraction of sp³-hybridized carbons (Fsp3) is 0.148. The van der Waals surface area contributed by atoms with Gasteiger partial charge >= 0.3 is 0 Å². The van der Waals surface area contributed by atoms with Crippen LogP contribution >= 0.6 is 0 Å². The monoisotopic (exact) mass is 439 g/mol. The topological polar surface area (TPSA) is 73.3 Å². The van der Waals surface area contributed by atoms with Gasteiger partial charge in [-0.15, -0.1) is 0 Å². The zero-order valence-corrected chi connectivity index (χ0v) is 18.8. The molecule has 0 aliphatic carbocycles. The van der Waals surface area contributed by atoms with Crippen LogP contribution in [0.15, 0.2) is 85.1 Å². The maximum atomic E-state index is 12.9. The van der Waals surface area contributed by atoms with Crippen molar-refractivity contribution in [1.82, 2.24) is 15.3 Å². The van der Waals surface area contributed by atoms with E-state index in [2.05, 4.69) is 15.3 Å². The molecule has 0 bridgehead atoms. The largest absolute Gasteiger partial charge is 0.497 e. The molecule has 6 heteroatoms. The van der Waals surface area contributed by atoms with Gasteiger partial charge in [0, 0.05) is 23.4 Å². The number of nitrogens with one attached hydrogen (secondary N) is 1. The molecule has 0 unspecified atom stereocenters. The average molecular weight is 440 g/mol. The minimum absolute atomic E-state index is 0.112. The Morgan fingerprint density at radius 1 is 0.939 bits per heavy atom. The lowest BCUT2D eigenvalue weighted by Crippen LogP contribution is -2.26. The zero-order valence-electron chi connectivity index (χ0n) is 18.8. The Morgan fingerprint density at radius 3 is 2.39 bits per heavy atom. The lowest BCUT2D eigenvalue weighted by Gasteiger charge is -2.15. The molecule has 1 atom stereocenters. The van der Waals surface area contributed by atoms with Gasteiger partial charge in [-0.3, -0.25) is 4.79 Å². The van der Waals surface area contributed by atoms with Gasteiger partial charge in [0.05, 0.1) is 13.2 Å². The first kappa shape index (κ1) is 22.0. The Balaban J connectivity index is 1.49. The molecule has 1 N–H and O–H groups in total. The number of benzene rings is 3. The fourth-order valence-corrected chi connectivity index (χ4v) is 3.32. The molecule has 0 saturated carbocycles. The third kappa shape index (κ3) is 5.54. The normalized spacial score (nSPS) is 11.5. The Kier molecular flexibility index (Phi) is 6.64. The van der Waals surface area contributed by atoms with Gasteiger partial charge in [-0.05, 0) is 55.8 Å². The number of aryl methyl sites for hydroxylation is 1. The highest BCUT2D eigenvalue weighted by Crippen LogP contribution is 2.25. The molecule has 0 saturated heterocycles. The number of hydrogen-bond donors (Lipinski definition) is 1. The first-order valence-corrected chi connectivity index (χ1v) is 10.6. The van der Waals surface area contributed by atoms with Crippen molar-refractivity contribution >= 4 is 5.91 Å². The molecular formula is C27H25N3O3. The van der Waals surface area contributed by atoms with Gasteiger partial charge in [-0.2, -0.15) is 4.98 Å². The van der Waals surface area contributed by atoms with E-state index < -0.39 is 0 Å². The van der Waals surface area contributed by atoms with Gasteiger partial charge in [-0.25, -0.2) is 4.98 Å². The van der Waals surface area contributed by atoms with Crippen LogP contribution in [-0.4, -0.2) is 23.0 Å². The van der Waals surface area contributed by atoms with Gasteiger partial charge < -0.3 is 14.8 Å². The molecule has 6 nitrogen and oxygen atoms in total. The van der Waals surface area contributed by atoms with E-state index in [1.165, 1.54) is 5.56 Å². The summed E-state index contributed by atoms with van der Waals surface area (Å²) in [6.07, 6.45) is 1.63. The predicted molar refractivity (Wildman–Crippen MR) is 128 cm³/mol. The van der Waals surface area contributed by atoms with E-state index in [0.717, 1.165) is 16.9 Å². The summed E-state index contributed by atoms with van der Waals surface area (Å²) in [5.74, 6) is 2.11. The summed E-state index contributed by atoms with van der Waals surface area (Å²) in [6.45, 7) is 4.01. The van der Waals surface area contributed by atoms with E-state index in [9.17, 15) is 4.79 Å². The second-order valence-corrected chi connectivity index (χ2v) is 7.68. The Morgan fingerprint density at radius 2 is 1.67 bits per heavy atom. The molecule has 0 fully saturated rings. The third-order valence-electron chi connectivity index (χ3n) is 5.22. The predicted octanol–water partition coefficient (Wildman–Crippen LogP) is 5.74. The summed E-state index contributed by atoms with van der Waals surface area (Å²) < 4.78 is 11.0. The molecule has 4 aromatic rings. The summed E-state index contributed by atoms with van der Waals surface area (Å²) in [4.78, 5) is 21.7. The minimum Gasteiger partial charge on any atom is -0.497 e. The highest BCUT2D eigenvalue weighted by Gasteiger charge is 2.13. The molecule has 0 aliphatic rings. The summed E-state index contributed by atoms with van der Waals surface area (Å²) in [5.41, 5.74) is 3.50. The van der Waals surface area contributed by atoms with E-state index in [-0.39, 0.29) is 11.9 Å². The first-order chi connectivity index (χ1) is 16.0. The summed E-state index contributed by atoms with van der Waals surface area (Å²) >= 11 is 0. The lowest BCUT2D eigenvalue weighted by atomic mass is 10.1. The SMILES string of the molecule is COc1ccc(Oc2ccnc(-c3cccc(C(=O)N[C@@H](C)c4ccc(C)cc4)c3)n2)cc1. The van der Waals surface area contributed by atoms with Crippen molar-refractivity contribution in [2.45, 2.75) is 19.9 Å². The van der Waals surface area contributed by atoms with Crippen molar-refractivity contribution in [3.05, 3.63) is 102 Å². The maximum absolute atomic E-state index is 12.9. The van der Waals surface area contributed by atoms with Gasteiger partial charge in [0.15, 0.2) is 5.82 Å².